The van der Waals surface area contributed by atoms with Gasteiger partial charge in [0, 0.05) is 24.8 Å². The fourth-order valence-corrected chi connectivity index (χ4v) is 2.74. The lowest BCUT2D eigenvalue weighted by atomic mass is 10.1. The molecule has 3 rings (SSSR count). The van der Waals surface area contributed by atoms with Gasteiger partial charge in [0.2, 0.25) is 0 Å². The minimum Gasteiger partial charge on any atom is -0.369 e. The fraction of sp³-hybridized carbons (Fsp3) is 0.294. The maximum absolute atomic E-state index is 13.4. The van der Waals surface area contributed by atoms with Crippen LogP contribution >= 0.6 is 0 Å². The van der Waals surface area contributed by atoms with Gasteiger partial charge in [0.25, 0.3) is 0 Å². The Morgan fingerprint density at radius 1 is 1.05 bits per heavy atom. The summed E-state index contributed by atoms with van der Waals surface area (Å²) in [5.74, 6) is -0.170. The first-order chi connectivity index (χ1) is 9.83. The van der Waals surface area contributed by atoms with Crippen LogP contribution in [0, 0.1) is 5.82 Å². The lowest BCUT2D eigenvalue weighted by molar-refractivity contribution is 0.569. The molecule has 3 heteroatoms. The van der Waals surface area contributed by atoms with E-state index in [9.17, 15) is 4.39 Å². The molecule has 1 saturated heterocycles. The van der Waals surface area contributed by atoms with Gasteiger partial charge in [-0.3, -0.25) is 0 Å². The summed E-state index contributed by atoms with van der Waals surface area (Å²) in [7, 11) is 0. The Morgan fingerprint density at radius 2 is 1.90 bits per heavy atom. The van der Waals surface area contributed by atoms with Crippen molar-refractivity contribution in [3.05, 3.63) is 66.0 Å². The Morgan fingerprint density at radius 3 is 2.70 bits per heavy atom. The molecule has 1 aliphatic rings. The topological polar surface area (TPSA) is 15.3 Å². The molecule has 0 aromatic heterocycles. The van der Waals surface area contributed by atoms with Gasteiger partial charge < -0.3 is 10.2 Å². The molecule has 1 unspecified atom stereocenters. The molecule has 1 N–H and O–H groups in total. The van der Waals surface area contributed by atoms with Crippen molar-refractivity contribution >= 4 is 5.69 Å². The number of rotatable bonds is 2. The van der Waals surface area contributed by atoms with Crippen LogP contribution in [0.1, 0.15) is 18.0 Å². The van der Waals surface area contributed by atoms with Crippen molar-refractivity contribution in [2.24, 2.45) is 0 Å². The Hall–Kier alpha value is -1.87. The summed E-state index contributed by atoms with van der Waals surface area (Å²) in [5, 5.41) is 3.58. The average Bonchev–Trinajstić information content (AvgIpc) is 2.74. The fourth-order valence-electron chi connectivity index (χ4n) is 2.74. The smallest absolute Gasteiger partial charge is 0.125 e. The third-order valence-corrected chi connectivity index (χ3v) is 3.77. The van der Waals surface area contributed by atoms with E-state index in [4.69, 9.17) is 0 Å². The minimum atomic E-state index is -0.170. The van der Waals surface area contributed by atoms with E-state index >= 15 is 0 Å². The molecule has 104 valence electrons. The zero-order chi connectivity index (χ0) is 13.8. The molecule has 1 heterocycles. The molecule has 0 bridgehead atoms. The SMILES string of the molecule is Fc1cccc(N2CCCNC(c3ccccc3)C2)c1. The third kappa shape index (κ3) is 2.99. The van der Waals surface area contributed by atoms with Gasteiger partial charge in [0.05, 0.1) is 0 Å². The van der Waals surface area contributed by atoms with Gasteiger partial charge in [-0.25, -0.2) is 4.39 Å². The van der Waals surface area contributed by atoms with Gasteiger partial charge in [-0.05, 0) is 36.7 Å². The van der Waals surface area contributed by atoms with E-state index in [1.165, 1.54) is 11.6 Å². The van der Waals surface area contributed by atoms with E-state index in [1.807, 2.05) is 12.1 Å². The Bertz CT molecular complexity index is 556. The maximum atomic E-state index is 13.4. The minimum absolute atomic E-state index is 0.170. The molecule has 0 spiro atoms. The van der Waals surface area contributed by atoms with Crippen LogP contribution in [-0.2, 0) is 0 Å². The predicted octanol–water partition coefficient (Wildman–Crippen LogP) is 3.37. The zero-order valence-electron chi connectivity index (χ0n) is 11.4. The third-order valence-electron chi connectivity index (χ3n) is 3.77. The van der Waals surface area contributed by atoms with Gasteiger partial charge in [-0.1, -0.05) is 36.4 Å². The van der Waals surface area contributed by atoms with E-state index in [0.29, 0.717) is 6.04 Å². The van der Waals surface area contributed by atoms with Crippen LogP contribution in [-0.4, -0.2) is 19.6 Å². The van der Waals surface area contributed by atoms with E-state index in [2.05, 4.69) is 34.5 Å². The average molecular weight is 270 g/mol. The summed E-state index contributed by atoms with van der Waals surface area (Å²) in [5.41, 5.74) is 2.26. The highest BCUT2D eigenvalue weighted by molar-refractivity contribution is 5.47. The monoisotopic (exact) mass is 270 g/mol. The first kappa shape index (κ1) is 13.1. The molecule has 0 saturated carbocycles. The first-order valence-corrected chi connectivity index (χ1v) is 7.12. The molecule has 1 aliphatic heterocycles. The van der Waals surface area contributed by atoms with Crippen LogP contribution < -0.4 is 10.2 Å². The summed E-state index contributed by atoms with van der Waals surface area (Å²) >= 11 is 0. The van der Waals surface area contributed by atoms with Crippen LogP contribution in [0.25, 0.3) is 0 Å². The number of halogens is 1. The number of hydrogen-bond acceptors (Lipinski definition) is 2. The summed E-state index contributed by atoms with van der Waals surface area (Å²) in [6, 6.07) is 17.6. The second kappa shape index (κ2) is 6.06. The van der Waals surface area contributed by atoms with E-state index < -0.39 is 0 Å². The van der Waals surface area contributed by atoms with Gasteiger partial charge in [0.1, 0.15) is 5.82 Å². The molecule has 2 aromatic rings. The largest absolute Gasteiger partial charge is 0.369 e. The van der Waals surface area contributed by atoms with Crippen molar-refractivity contribution in [2.45, 2.75) is 12.5 Å². The molecule has 0 amide bonds. The highest BCUT2D eigenvalue weighted by Gasteiger charge is 2.19. The molecule has 1 atom stereocenters. The molecule has 1 fully saturated rings. The second-order valence-corrected chi connectivity index (χ2v) is 5.20. The summed E-state index contributed by atoms with van der Waals surface area (Å²) in [6.45, 7) is 2.82. The zero-order valence-corrected chi connectivity index (χ0v) is 11.4. The standard InChI is InChI=1S/C17H19FN2/c18-15-8-4-9-16(12-15)20-11-5-10-19-17(13-20)14-6-2-1-3-7-14/h1-4,6-9,12,17,19H,5,10-11,13H2. The maximum Gasteiger partial charge on any atom is 0.125 e. The summed E-state index contributed by atoms with van der Waals surface area (Å²) < 4.78 is 13.4. The highest BCUT2D eigenvalue weighted by Crippen LogP contribution is 2.22. The molecule has 0 radical (unpaired) electrons. The van der Waals surface area contributed by atoms with E-state index in [-0.39, 0.29) is 5.82 Å². The second-order valence-electron chi connectivity index (χ2n) is 5.20. The van der Waals surface area contributed by atoms with Crippen LogP contribution in [0.3, 0.4) is 0 Å². The van der Waals surface area contributed by atoms with Crippen molar-refractivity contribution in [1.29, 1.82) is 0 Å². The van der Waals surface area contributed by atoms with E-state index in [1.54, 1.807) is 12.1 Å². The molecule has 2 aromatic carbocycles. The number of benzene rings is 2. The first-order valence-electron chi connectivity index (χ1n) is 7.12. The summed E-state index contributed by atoms with van der Waals surface area (Å²) in [6.07, 6.45) is 1.07. The quantitative estimate of drug-likeness (QED) is 0.900. The van der Waals surface area contributed by atoms with Crippen LogP contribution in [0.4, 0.5) is 10.1 Å². The van der Waals surface area contributed by atoms with Crippen molar-refractivity contribution in [1.82, 2.24) is 5.32 Å². The normalized spacial score (nSPS) is 19.6. The van der Waals surface area contributed by atoms with Crippen molar-refractivity contribution in [3.8, 4) is 0 Å². The number of nitrogens with one attached hydrogen (secondary N) is 1. The van der Waals surface area contributed by atoms with Crippen molar-refractivity contribution < 1.29 is 4.39 Å². The lowest BCUT2D eigenvalue weighted by Gasteiger charge is -2.26. The van der Waals surface area contributed by atoms with Crippen molar-refractivity contribution in [2.75, 3.05) is 24.5 Å². The van der Waals surface area contributed by atoms with Crippen LogP contribution in [0.15, 0.2) is 54.6 Å². The van der Waals surface area contributed by atoms with Crippen LogP contribution in [0.2, 0.25) is 0 Å². The Labute approximate surface area is 119 Å². The molecular formula is C17H19FN2. The van der Waals surface area contributed by atoms with Gasteiger partial charge in [0.15, 0.2) is 0 Å². The number of hydrogen-bond donors (Lipinski definition) is 1. The van der Waals surface area contributed by atoms with Crippen molar-refractivity contribution in [3.63, 3.8) is 0 Å². The Kier molecular flexibility index (Phi) is 3.97. The van der Waals surface area contributed by atoms with Gasteiger partial charge in [-0.2, -0.15) is 0 Å². The van der Waals surface area contributed by atoms with E-state index in [0.717, 1.165) is 31.7 Å². The Balaban J connectivity index is 1.82. The van der Waals surface area contributed by atoms with Gasteiger partial charge >= 0.3 is 0 Å². The predicted molar refractivity (Wildman–Crippen MR) is 80.4 cm³/mol. The number of nitrogens with zero attached hydrogens (tertiary/aromatic N) is 1. The summed E-state index contributed by atoms with van der Waals surface area (Å²) in [4.78, 5) is 2.26. The molecule has 2 nitrogen and oxygen atoms in total. The number of anilines is 1. The lowest BCUT2D eigenvalue weighted by Crippen LogP contribution is -2.31. The highest BCUT2D eigenvalue weighted by atomic mass is 19.1. The van der Waals surface area contributed by atoms with Crippen LogP contribution in [0.5, 0.6) is 0 Å². The molecule has 0 aliphatic carbocycles. The van der Waals surface area contributed by atoms with Gasteiger partial charge in [-0.15, -0.1) is 0 Å². The molecular weight excluding hydrogens is 251 g/mol. The molecule has 20 heavy (non-hydrogen) atoms.